The number of thioether (sulfide) groups is 1. The summed E-state index contributed by atoms with van der Waals surface area (Å²) >= 11 is 1.41. The van der Waals surface area contributed by atoms with E-state index < -0.39 is 0 Å². The third-order valence-corrected chi connectivity index (χ3v) is 6.93. The molecule has 4 aromatic rings. The zero-order valence-corrected chi connectivity index (χ0v) is 21.1. The van der Waals surface area contributed by atoms with Gasteiger partial charge in [-0.15, -0.1) is 10.2 Å². The van der Waals surface area contributed by atoms with E-state index in [1.54, 1.807) is 13.4 Å². The molecule has 0 amide bonds. The SMILES string of the molecule is COCC(C)n1c(C)cc(C(=O)CSc2nnc(-c3ccoc3C)n2Cc2ccccc2)c1C. The molecule has 0 N–H and O–H groups in total. The molecular formula is C26H30N4O3S. The van der Waals surface area contributed by atoms with Crippen LogP contribution in [0.5, 0.6) is 0 Å². The monoisotopic (exact) mass is 478 g/mol. The Morgan fingerprint density at radius 3 is 2.59 bits per heavy atom. The number of furan rings is 1. The Bertz CT molecular complexity index is 1270. The van der Waals surface area contributed by atoms with E-state index in [1.807, 2.05) is 51.1 Å². The highest BCUT2D eigenvalue weighted by atomic mass is 32.2. The van der Waals surface area contributed by atoms with Crippen LogP contribution in [-0.2, 0) is 11.3 Å². The summed E-state index contributed by atoms with van der Waals surface area (Å²) in [5.41, 5.74) is 4.80. The standard InChI is InChI=1S/C26H30N4O3S/c1-17-13-23(19(3)30(17)18(2)15-32-5)24(31)16-34-26-28-27-25(22-11-12-33-20(22)4)29(26)14-21-9-7-6-8-10-21/h6-13,18H,14-16H2,1-5H3. The first-order valence-corrected chi connectivity index (χ1v) is 12.2. The van der Waals surface area contributed by atoms with Crippen molar-refractivity contribution in [1.29, 1.82) is 0 Å². The highest BCUT2D eigenvalue weighted by Gasteiger charge is 2.22. The quantitative estimate of drug-likeness (QED) is 0.221. The van der Waals surface area contributed by atoms with Gasteiger partial charge in [-0.1, -0.05) is 42.1 Å². The molecule has 1 unspecified atom stereocenters. The molecular weight excluding hydrogens is 448 g/mol. The molecule has 1 aromatic carbocycles. The van der Waals surface area contributed by atoms with Gasteiger partial charge in [-0.3, -0.25) is 9.36 Å². The molecule has 8 heteroatoms. The zero-order chi connectivity index (χ0) is 24.2. The van der Waals surface area contributed by atoms with Crippen LogP contribution in [0.3, 0.4) is 0 Å². The normalized spacial score (nSPS) is 12.3. The minimum absolute atomic E-state index is 0.0734. The summed E-state index contributed by atoms with van der Waals surface area (Å²) in [5, 5.41) is 9.58. The minimum atomic E-state index is 0.0734. The Hall–Kier alpha value is -3.10. The third kappa shape index (κ3) is 4.88. The zero-order valence-electron chi connectivity index (χ0n) is 20.2. The smallest absolute Gasteiger partial charge is 0.192 e. The van der Waals surface area contributed by atoms with Crippen molar-refractivity contribution in [3.05, 3.63) is 77.0 Å². The van der Waals surface area contributed by atoms with Crippen molar-refractivity contribution in [2.45, 2.75) is 45.4 Å². The number of aryl methyl sites for hydroxylation is 2. The Labute approximate surface area is 204 Å². The molecule has 178 valence electrons. The van der Waals surface area contributed by atoms with Crippen LogP contribution in [0.4, 0.5) is 0 Å². The first-order valence-electron chi connectivity index (χ1n) is 11.3. The van der Waals surface area contributed by atoms with Crippen LogP contribution in [0.1, 0.15) is 46.0 Å². The molecule has 3 aromatic heterocycles. The lowest BCUT2D eigenvalue weighted by Crippen LogP contribution is -2.15. The summed E-state index contributed by atoms with van der Waals surface area (Å²) in [7, 11) is 1.69. The number of aromatic nitrogens is 4. The molecule has 0 fully saturated rings. The maximum absolute atomic E-state index is 13.2. The predicted octanol–water partition coefficient (Wildman–Crippen LogP) is 5.50. The maximum atomic E-state index is 13.2. The van der Waals surface area contributed by atoms with E-state index in [4.69, 9.17) is 9.15 Å². The van der Waals surface area contributed by atoms with Crippen molar-refractivity contribution >= 4 is 17.5 Å². The number of hydrogen-bond acceptors (Lipinski definition) is 6. The number of hydrogen-bond donors (Lipinski definition) is 0. The largest absolute Gasteiger partial charge is 0.469 e. The van der Waals surface area contributed by atoms with Crippen LogP contribution in [0.2, 0.25) is 0 Å². The third-order valence-electron chi connectivity index (χ3n) is 5.97. The Kier molecular flexibility index (Phi) is 7.38. The van der Waals surface area contributed by atoms with Crippen molar-refractivity contribution in [3.63, 3.8) is 0 Å². The fourth-order valence-electron chi connectivity index (χ4n) is 4.38. The molecule has 0 aliphatic carbocycles. The van der Waals surface area contributed by atoms with Gasteiger partial charge in [-0.25, -0.2) is 0 Å². The molecule has 3 heterocycles. The number of carbonyl (C=O) groups is 1. The molecule has 0 aliphatic rings. The van der Waals surface area contributed by atoms with Gasteiger partial charge in [0.25, 0.3) is 0 Å². The van der Waals surface area contributed by atoms with E-state index in [0.717, 1.165) is 39.7 Å². The molecule has 1 atom stereocenters. The van der Waals surface area contributed by atoms with Gasteiger partial charge in [-0.2, -0.15) is 0 Å². The average molecular weight is 479 g/mol. The lowest BCUT2D eigenvalue weighted by molar-refractivity contribution is 0.102. The summed E-state index contributed by atoms with van der Waals surface area (Å²) in [4.78, 5) is 13.2. The second-order valence-corrected chi connectivity index (χ2v) is 9.38. The summed E-state index contributed by atoms with van der Waals surface area (Å²) in [6.07, 6.45) is 1.66. The molecule has 0 aliphatic heterocycles. The highest BCUT2D eigenvalue weighted by molar-refractivity contribution is 7.99. The molecule has 0 saturated carbocycles. The summed E-state index contributed by atoms with van der Waals surface area (Å²) < 4.78 is 15.0. The number of nitrogens with zero attached hydrogens (tertiary/aromatic N) is 4. The van der Waals surface area contributed by atoms with E-state index in [1.165, 1.54) is 11.8 Å². The first-order chi connectivity index (χ1) is 16.4. The van der Waals surface area contributed by atoms with Crippen LogP contribution in [-0.4, -0.2) is 44.6 Å². The Balaban J connectivity index is 1.59. The van der Waals surface area contributed by atoms with Crippen LogP contribution in [0.25, 0.3) is 11.4 Å². The summed E-state index contributed by atoms with van der Waals surface area (Å²) in [6.45, 7) is 9.23. The van der Waals surface area contributed by atoms with Gasteiger partial charge in [0.1, 0.15) is 5.76 Å². The van der Waals surface area contributed by atoms with Crippen molar-refractivity contribution in [2.24, 2.45) is 0 Å². The maximum Gasteiger partial charge on any atom is 0.192 e. The number of ether oxygens (including phenoxy) is 1. The number of methoxy groups -OCH3 is 1. The lowest BCUT2D eigenvalue weighted by Gasteiger charge is -2.17. The van der Waals surface area contributed by atoms with Crippen molar-refractivity contribution in [3.8, 4) is 11.4 Å². The van der Waals surface area contributed by atoms with E-state index in [2.05, 4.69) is 38.4 Å². The molecule has 0 radical (unpaired) electrons. The minimum Gasteiger partial charge on any atom is -0.469 e. The molecule has 0 spiro atoms. The van der Waals surface area contributed by atoms with Crippen LogP contribution >= 0.6 is 11.8 Å². The first kappa shape index (κ1) is 24.0. The number of rotatable bonds is 10. The van der Waals surface area contributed by atoms with E-state index in [0.29, 0.717) is 18.3 Å². The molecule has 4 rings (SSSR count). The van der Waals surface area contributed by atoms with E-state index in [9.17, 15) is 4.79 Å². The van der Waals surface area contributed by atoms with Gasteiger partial charge in [0.2, 0.25) is 0 Å². The summed E-state index contributed by atoms with van der Waals surface area (Å²) in [6, 6.07) is 14.2. The fourth-order valence-corrected chi connectivity index (χ4v) is 5.20. The molecule has 34 heavy (non-hydrogen) atoms. The predicted molar refractivity (Wildman–Crippen MR) is 134 cm³/mol. The van der Waals surface area contributed by atoms with Gasteiger partial charge in [-0.05, 0) is 45.4 Å². The lowest BCUT2D eigenvalue weighted by atomic mass is 10.2. The van der Waals surface area contributed by atoms with Gasteiger partial charge >= 0.3 is 0 Å². The number of carbonyl (C=O) groups excluding carboxylic acids is 1. The Morgan fingerprint density at radius 1 is 1.15 bits per heavy atom. The van der Waals surface area contributed by atoms with Gasteiger partial charge in [0.15, 0.2) is 16.8 Å². The van der Waals surface area contributed by atoms with E-state index >= 15 is 0 Å². The van der Waals surface area contributed by atoms with Crippen LogP contribution < -0.4 is 0 Å². The van der Waals surface area contributed by atoms with Gasteiger partial charge in [0, 0.05) is 24.1 Å². The van der Waals surface area contributed by atoms with Gasteiger partial charge in [0.05, 0.1) is 36.8 Å². The number of ketones is 1. The number of benzene rings is 1. The summed E-state index contributed by atoms with van der Waals surface area (Å²) in [5.74, 6) is 1.87. The fraction of sp³-hybridized carbons (Fsp3) is 0.346. The molecule has 0 saturated heterocycles. The van der Waals surface area contributed by atoms with Crippen molar-refractivity contribution in [1.82, 2.24) is 19.3 Å². The van der Waals surface area contributed by atoms with E-state index in [-0.39, 0.29) is 17.6 Å². The second-order valence-electron chi connectivity index (χ2n) is 8.44. The highest BCUT2D eigenvalue weighted by Crippen LogP contribution is 2.29. The Morgan fingerprint density at radius 2 is 1.91 bits per heavy atom. The topological polar surface area (TPSA) is 75.1 Å². The van der Waals surface area contributed by atoms with Crippen LogP contribution in [0, 0.1) is 20.8 Å². The van der Waals surface area contributed by atoms with Crippen LogP contribution in [0.15, 0.2) is 58.3 Å². The average Bonchev–Trinajstić information content (AvgIpc) is 3.50. The van der Waals surface area contributed by atoms with Crippen molar-refractivity contribution in [2.75, 3.05) is 19.5 Å². The molecule has 0 bridgehead atoms. The molecule has 7 nitrogen and oxygen atoms in total. The van der Waals surface area contributed by atoms with Crippen molar-refractivity contribution < 1.29 is 13.9 Å². The van der Waals surface area contributed by atoms with Gasteiger partial charge < -0.3 is 13.7 Å². The second kappa shape index (κ2) is 10.4. The number of Topliss-reactive ketones (excluding diaryl/α,β-unsaturated/α-hetero) is 1.